The summed E-state index contributed by atoms with van der Waals surface area (Å²) in [5.41, 5.74) is 3.93. The molecule has 0 radical (unpaired) electrons. The molecule has 0 bridgehead atoms. The van der Waals surface area contributed by atoms with E-state index in [4.69, 9.17) is 9.47 Å². The third-order valence-corrected chi connectivity index (χ3v) is 6.63. The van der Waals surface area contributed by atoms with Crippen molar-refractivity contribution in [1.82, 2.24) is 9.97 Å². The average molecular weight is 589 g/mol. The summed E-state index contributed by atoms with van der Waals surface area (Å²) in [5, 5.41) is 28.1. The first-order valence-corrected chi connectivity index (χ1v) is 13.8. The number of aromatic nitrogens is 2. The molecule has 0 atom stereocenters. The Kier molecular flexibility index (Phi) is 9.63. The molecule has 0 saturated heterocycles. The van der Waals surface area contributed by atoms with E-state index < -0.39 is 0 Å². The summed E-state index contributed by atoms with van der Waals surface area (Å²) in [6.07, 6.45) is 6.73. The van der Waals surface area contributed by atoms with Crippen molar-refractivity contribution in [1.29, 1.82) is 0 Å². The van der Waals surface area contributed by atoms with Crippen molar-refractivity contribution in [3.63, 3.8) is 0 Å². The molecule has 0 fully saturated rings. The Balaban J connectivity index is 1.38. The molecule has 0 aliphatic carbocycles. The molecule has 0 saturated carbocycles. The summed E-state index contributed by atoms with van der Waals surface area (Å²) in [6.45, 7) is 0.922. The van der Waals surface area contributed by atoms with Crippen LogP contribution in [0.1, 0.15) is 22.3 Å². The molecule has 3 aromatic carbocycles. The zero-order valence-electron chi connectivity index (χ0n) is 24.3. The van der Waals surface area contributed by atoms with E-state index in [1.54, 1.807) is 49.1 Å². The number of pyridine rings is 2. The summed E-state index contributed by atoms with van der Waals surface area (Å²) in [5.74, 6) is 1.96. The molecule has 44 heavy (non-hydrogen) atoms. The number of methoxy groups -OCH3 is 2. The van der Waals surface area contributed by atoms with Crippen LogP contribution >= 0.6 is 0 Å². The Bertz CT molecular complexity index is 1630. The smallest absolute Gasteiger partial charge is 0.183 e. The molecule has 0 amide bonds. The second-order valence-electron chi connectivity index (χ2n) is 9.61. The van der Waals surface area contributed by atoms with Crippen LogP contribution in [0.15, 0.2) is 107 Å². The Labute approximate surface area is 255 Å². The zero-order valence-corrected chi connectivity index (χ0v) is 24.3. The van der Waals surface area contributed by atoms with E-state index in [1.807, 2.05) is 60.7 Å². The van der Waals surface area contributed by atoms with Crippen molar-refractivity contribution in [3.8, 4) is 23.0 Å². The van der Waals surface area contributed by atoms with Gasteiger partial charge in [-0.3, -0.25) is 9.98 Å². The van der Waals surface area contributed by atoms with Gasteiger partial charge in [0.15, 0.2) is 23.0 Å². The summed E-state index contributed by atoms with van der Waals surface area (Å²) in [6, 6.07) is 25.9. The number of rotatable bonds is 12. The Hall–Kier alpha value is -5.90. The fourth-order valence-electron chi connectivity index (χ4n) is 4.35. The van der Waals surface area contributed by atoms with Gasteiger partial charge in [0.1, 0.15) is 23.0 Å². The molecule has 0 aliphatic rings. The van der Waals surface area contributed by atoms with E-state index in [-0.39, 0.29) is 11.5 Å². The molecule has 0 aliphatic heterocycles. The normalized spacial score (nSPS) is 11.1. The molecule has 10 nitrogen and oxygen atoms in total. The topological polar surface area (TPSA) is 133 Å². The minimum Gasteiger partial charge on any atom is -0.503 e. The van der Waals surface area contributed by atoms with E-state index in [1.165, 1.54) is 14.2 Å². The summed E-state index contributed by atoms with van der Waals surface area (Å²) < 4.78 is 10.8. The quantitative estimate of drug-likeness (QED) is 0.119. The lowest BCUT2D eigenvalue weighted by Crippen LogP contribution is -2.01. The highest BCUT2D eigenvalue weighted by Gasteiger charge is 2.12. The van der Waals surface area contributed by atoms with Crippen LogP contribution in [-0.4, -0.2) is 46.8 Å². The monoisotopic (exact) mass is 588 g/mol. The van der Waals surface area contributed by atoms with Gasteiger partial charge in [-0.2, -0.15) is 0 Å². The van der Waals surface area contributed by atoms with Crippen LogP contribution in [0.2, 0.25) is 0 Å². The second-order valence-corrected chi connectivity index (χ2v) is 9.61. The number of hydrogen-bond donors (Lipinski definition) is 4. The van der Waals surface area contributed by atoms with Crippen molar-refractivity contribution < 1.29 is 19.7 Å². The van der Waals surface area contributed by atoms with E-state index in [9.17, 15) is 10.2 Å². The SMILES string of the molecule is COc1cc(CNc2ccccn2)cc(N=Cc2ccccc2C=Nc2cc(CNc3ccccn3)cc(OC)c2O)c1O. The summed E-state index contributed by atoms with van der Waals surface area (Å²) >= 11 is 0. The van der Waals surface area contributed by atoms with E-state index in [0.717, 1.165) is 33.9 Å². The van der Waals surface area contributed by atoms with Gasteiger partial charge in [-0.15, -0.1) is 0 Å². The molecule has 222 valence electrons. The number of anilines is 2. The Morgan fingerprint density at radius 3 is 1.45 bits per heavy atom. The number of hydrogen-bond acceptors (Lipinski definition) is 10. The van der Waals surface area contributed by atoms with Gasteiger partial charge >= 0.3 is 0 Å². The number of nitrogens with one attached hydrogen (secondary N) is 2. The Morgan fingerprint density at radius 2 is 1.07 bits per heavy atom. The molecule has 0 spiro atoms. The number of benzene rings is 3. The third-order valence-electron chi connectivity index (χ3n) is 6.63. The molecular formula is C34H32N6O4. The zero-order chi connectivity index (χ0) is 30.7. The summed E-state index contributed by atoms with van der Waals surface area (Å²) in [4.78, 5) is 17.7. The van der Waals surface area contributed by atoms with E-state index in [0.29, 0.717) is 36.0 Å². The molecule has 2 aromatic heterocycles. The largest absolute Gasteiger partial charge is 0.503 e. The minimum absolute atomic E-state index is 0.0652. The molecule has 5 aromatic rings. The third kappa shape index (κ3) is 7.48. The minimum atomic E-state index is -0.0652. The fourth-order valence-corrected chi connectivity index (χ4v) is 4.35. The predicted molar refractivity (Wildman–Crippen MR) is 173 cm³/mol. The lowest BCUT2D eigenvalue weighted by atomic mass is 10.1. The van der Waals surface area contributed by atoms with Crippen LogP contribution in [-0.2, 0) is 13.1 Å². The molecule has 4 N–H and O–H groups in total. The van der Waals surface area contributed by atoms with Crippen molar-refractivity contribution in [2.75, 3.05) is 24.9 Å². The Morgan fingerprint density at radius 1 is 0.636 bits per heavy atom. The molecule has 5 rings (SSSR count). The van der Waals surface area contributed by atoms with Crippen LogP contribution in [0, 0.1) is 0 Å². The maximum Gasteiger partial charge on any atom is 0.183 e. The number of phenolic OH excluding ortho intramolecular Hbond substituents is 2. The van der Waals surface area contributed by atoms with Crippen molar-refractivity contribution in [3.05, 3.63) is 120 Å². The maximum absolute atomic E-state index is 10.8. The van der Waals surface area contributed by atoms with Crippen LogP contribution in [0.3, 0.4) is 0 Å². The van der Waals surface area contributed by atoms with Crippen molar-refractivity contribution >= 4 is 35.4 Å². The highest BCUT2D eigenvalue weighted by Crippen LogP contribution is 2.39. The second kappa shape index (κ2) is 14.3. The first-order chi connectivity index (χ1) is 21.5. The van der Waals surface area contributed by atoms with Gasteiger partial charge in [-0.05, 0) is 59.7 Å². The van der Waals surface area contributed by atoms with E-state index in [2.05, 4.69) is 30.6 Å². The van der Waals surface area contributed by atoms with Crippen molar-refractivity contribution in [2.24, 2.45) is 9.98 Å². The van der Waals surface area contributed by atoms with Gasteiger partial charge in [0.2, 0.25) is 0 Å². The van der Waals surface area contributed by atoms with Crippen LogP contribution in [0.5, 0.6) is 23.0 Å². The number of nitrogens with zero attached hydrogens (tertiary/aromatic N) is 4. The first-order valence-electron chi connectivity index (χ1n) is 13.8. The van der Waals surface area contributed by atoms with Gasteiger partial charge in [-0.25, -0.2) is 9.97 Å². The highest BCUT2D eigenvalue weighted by atomic mass is 16.5. The number of ether oxygens (including phenoxy) is 2. The molecular weight excluding hydrogens is 556 g/mol. The number of phenols is 2. The van der Waals surface area contributed by atoms with E-state index >= 15 is 0 Å². The molecule has 10 heteroatoms. The van der Waals surface area contributed by atoms with Crippen LogP contribution in [0.25, 0.3) is 0 Å². The predicted octanol–water partition coefficient (Wildman–Crippen LogP) is 6.63. The highest BCUT2D eigenvalue weighted by molar-refractivity contribution is 5.96. The number of aromatic hydroxyl groups is 2. The molecule has 0 unspecified atom stereocenters. The maximum atomic E-state index is 10.8. The lowest BCUT2D eigenvalue weighted by Gasteiger charge is -2.11. The standard InChI is InChI=1S/C34H32N6O4/c1-43-29-17-23(19-39-31-11-5-7-13-35-31)15-27(33(29)41)37-21-25-9-3-4-10-26(25)22-38-28-16-24(18-30(44-2)34(28)42)20-40-32-12-6-8-14-36-32/h3-18,21-22,41-42H,19-20H2,1-2H3,(H,35,39)(H,36,40). The van der Waals surface area contributed by atoms with Gasteiger partial charge < -0.3 is 30.3 Å². The van der Waals surface area contributed by atoms with Crippen molar-refractivity contribution in [2.45, 2.75) is 13.1 Å². The fraction of sp³-hybridized carbons (Fsp3) is 0.118. The average Bonchev–Trinajstić information content (AvgIpc) is 3.07. The summed E-state index contributed by atoms with van der Waals surface area (Å²) in [7, 11) is 3.00. The van der Waals surface area contributed by atoms with Gasteiger partial charge in [-0.1, -0.05) is 36.4 Å². The van der Waals surface area contributed by atoms with Gasteiger partial charge in [0.05, 0.1) is 14.2 Å². The molecule has 2 heterocycles. The van der Waals surface area contributed by atoms with Crippen LogP contribution < -0.4 is 20.1 Å². The van der Waals surface area contributed by atoms with Gasteiger partial charge in [0, 0.05) is 49.0 Å². The van der Waals surface area contributed by atoms with Gasteiger partial charge in [0.25, 0.3) is 0 Å². The van der Waals surface area contributed by atoms with Crippen LogP contribution in [0.4, 0.5) is 23.0 Å². The lowest BCUT2D eigenvalue weighted by molar-refractivity contribution is 0.374. The first kappa shape index (κ1) is 29.6. The number of aliphatic imine (C=N–C) groups is 2.